The Labute approximate surface area is 162 Å². The van der Waals surface area contributed by atoms with Crippen LogP contribution in [0.3, 0.4) is 0 Å². The van der Waals surface area contributed by atoms with Crippen LogP contribution in [0.1, 0.15) is 18.9 Å². The molecule has 1 heterocycles. The molecule has 0 spiro atoms. The third-order valence-corrected chi connectivity index (χ3v) is 3.85. The van der Waals surface area contributed by atoms with Gasteiger partial charge in [-0.05, 0) is 24.6 Å². The van der Waals surface area contributed by atoms with Crippen molar-refractivity contribution in [3.05, 3.63) is 23.8 Å². The maximum Gasteiger partial charge on any atom is 0.262 e. The van der Waals surface area contributed by atoms with Crippen LogP contribution in [0, 0.1) is 0 Å². The van der Waals surface area contributed by atoms with Gasteiger partial charge in [-0.1, -0.05) is 6.07 Å². The number of rotatable bonds is 8. The Morgan fingerprint density at radius 3 is 2.63 bits per heavy atom. The van der Waals surface area contributed by atoms with E-state index >= 15 is 0 Å². The lowest BCUT2D eigenvalue weighted by Crippen LogP contribution is -2.40. The van der Waals surface area contributed by atoms with Crippen molar-refractivity contribution >= 4 is 24.2 Å². The molecule has 1 atom stereocenters. The Kier molecular flexibility index (Phi) is 8.71. The zero-order valence-corrected chi connectivity index (χ0v) is 16.0. The minimum absolute atomic E-state index is 0. The number of hydrogen-bond acceptors (Lipinski definition) is 5. The molecule has 2 rings (SSSR count). The zero-order valence-electron chi connectivity index (χ0n) is 15.1. The predicted octanol–water partition coefficient (Wildman–Crippen LogP) is 1.25. The van der Waals surface area contributed by atoms with E-state index in [1.165, 1.54) is 7.11 Å². The minimum atomic E-state index is -2.85. The van der Waals surface area contributed by atoms with Crippen LogP contribution in [0.2, 0.25) is 0 Å². The molecule has 0 aromatic heterocycles. The van der Waals surface area contributed by atoms with E-state index < -0.39 is 30.8 Å². The molecule has 3 N–H and O–H groups in total. The van der Waals surface area contributed by atoms with E-state index in [-0.39, 0.29) is 31.5 Å². The Morgan fingerprint density at radius 1 is 1.30 bits per heavy atom. The number of amides is 2. The highest BCUT2D eigenvalue weighted by Crippen LogP contribution is 2.28. The van der Waals surface area contributed by atoms with Crippen LogP contribution in [0.5, 0.6) is 11.5 Å². The van der Waals surface area contributed by atoms with Gasteiger partial charge in [0.1, 0.15) is 0 Å². The molecule has 0 aliphatic carbocycles. The molecule has 1 aromatic carbocycles. The van der Waals surface area contributed by atoms with Gasteiger partial charge in [0.05, 0.1) is 19.7 Å². The van der Waals surface area contributed by atoms with Crippen LogP contribution in [0.4, 0.5) is 8.78 Å². The number of methoxy groups -OCH3 is 1. The lowest BCUT2D eigenvalue weighted by atomic mass is 10.1. The van der Waals surface area contributed by atoms with Crippen molar-refractivity contribution in [3.63, 3.8) is 0 Å². The van der Waals surface area contributed by atoms with Crippen molar-refractivity contribution in [2.75, 3.05) is 26.8 Å². The van der Waals surface area contributed by atoms with Crippen molar-refractivity contribution in [1.82, 2.24) is 16.0 Å². The number of carbonyl (C=O) groups excluding carboxylic acids is 2. The lowest BCUT2D eigenvalue weighted by Gasteiger charge is -2.14. The normalized spacial score (nSPS) is 17.6. The van der Waals surface area contributed by atoms with Crippen LogP contribution < -0.4 is 25.4 Å². The largest absolute Gasteiger partial charge is 0.493 e. The fourth-order valence-electron chi connectivity index (χ4n) is 2.55. The second-order valence-corrected chi connectivity index (χ2v) is 5.94. The van der Waals surface area contributed by atoms with Gasteiger partial charge in [-0.15, -0.1) is 12.4 Å². The molecule has 0 bridgehead atoms. The highest BCUT2D eigenvalue weighted by Gasteiger charge is 2.42. The summed E-state index contributed by atoms with van der Waals surface area (Å²) in [6.45, 7) is 1.86. The Hall–Kier alpha value is -2.13. The standard InChI is InChI=1S/C17H23F2N3O4.ClH/c1-3-20-15(23)9-26-13-5-4-11(6-14(13)25-2)8-21-16(24)12-7-17(18,19)10-22-12;/h4-6,12,22H,3,7-10H2,1-2H3,(H,20,23)(H,21,24);1H. The second kappa shape index (κ2) is 10.3. The molecule has 1 aliphatic heterocycles. The number of carbonyl (C=O) groups is 2. The monoisotopic (exact) mass is 407 g/mol. The van der Waals surface area contributed by atoms with Crippen molar-refractivity contribution in [2.45, 2.75) is 31.9 Å². The van der Waals surface area contributed by atoms with Gasteiger partial charge in [0.15, 0.2) is 18.1 Å². The average Bonchev–Trinajstić information content (AvgIpc) is 2.98. The molecular weight excluding hydrogens is 384 g/mol. The smallest absolute Gasteiger partial charge is 0.262 e. The van der Waals surface area contributed by atoms with Crippen LogP contribution >= 0.6 is 12.4 Å². The number of nitrogens with one attached hydrogen (secondary N) is 3. The predicted molar refractivity (Wildman–Crippen MR) is 97.6 cm³/mol. The summed E-state index contributed by atoms with van der Waals surface area (Å²) in [7, 11) is 1.46. The first kappa shape index (κ1) is 22.9. The molecule has 1 aliphatic rings. The summed E-state index contributed by atoms with van der Waals surface area (Å²) in [5.41, 5.74) is 0.713. The van der Waals surface area contributed by atoms with Crippen molar-refractivity contribution < 1.29 is 27.8 Å². The fourth-order valence-corrected chi connectivity index (χ4v) is 2.55. The molecule has 7 nitrogen and oxygen atoms in total. The molecule has 1 aromatic rings. The highest BCUT2D eigenvalue weighted by molar-refractivity contribution is 5.85. The van der Waals surface area contributed by atoms with Gasteiger partial charge in [0.2, 0.25) is 5.91 Å². The van der Waals surface area contributed by atoms with Crippen molar-refractivity contribution in [2.24, 2.45) is 0 Å². The van der Waals surface area contributed by atoms with Gasteiger partial charge < -0.3 is 20.1 Å². The van der Waals surface area contributed by atoms with E-state index in [1.807, 2.05) is 6.92 Å². The average molecular weight is 408 g/mol. The molecule has 10 heteroatoms. The summed E-state index contributed by atoms with van der Waals surface area (Å²) in [6.07, 6.45) is -0.505. The van der Waals surface area contributed by atoms with Gasteiger partial charge >= 0.3 is 0 Å². The molecule has 0 saturated carbocycles. The summed E-state index contributed by atoms with van der Waals surface area (Å²) >= 11 is 0. The SMILES string of the molecule is CCNC(=O)COc1ccc(CNC(=O)C2CC(F)(F)CN2)cc1OC.Cl. The van der Waals surface area contributed by atoms with E-state index in [2.05, 4.69) is 16.0 Å². The minimum Gasteiger partial charge on any atom is -0.493 e. The maximum absolute atomic E-state index is 13.1. The molecule has 1 saturated heterocycles. The number of ether oxygens (including phenoxy) is 2. The van der Waals surface area contributed by atoms with Crippen LogP contribution in [-0.2, 0) is 16.1 Å². The van der Waals surface area contributed by atoms with E-state index in [0.717, 1.165) is 0 Å². The topological polar surface area (TPSA) is 88.7 Å². The van der Waals surface area contributed by atoms with E-state index in [0.29, 0.717) is 23.6 Å². The second-order valence-electron chi connectivity index (χ2n) is 5.94. The van der Waals surface area contributed by atoms with Gasteiger partial charge in [-0.3, -0.25) is 14.9 Å². The number of halogens is 3. The fraction of sp³-hybridized carbons (Fsp3) is 0.529. The third kappa shape index (κ3) is 6.84. The third-order valence-electron chi connectivity index (χ3n) is 3.85. The summed E-state index contributed by atoms with van der Waals surface area (Å²) in [4.78, 5) is 23.4. The molecule has 0 radical (unpaired) electrons. The first-order chi connectivity index (χ1) is 12.3. The molecule has 2 amide bonds. The van der Waals surface area contributed by atoms with Crippen molar-refractivity contribution in [1.29, 1.82) is 0 Å². The van der Waals surface area contributed by atoms with Gasteiger partial charge in [-0.2, -0.15) is 0 Å². The van der Waals surface area contributed by atoms with Crippen molar-refractivity contribution in [3.8, 4) is 11.5 Å². The number of benzene rings is 1. The maximum atomic E-state index is 13.1. The summed E-state index contributed by atoms with van der Waals surface area (Å²) in [5, 5.41) is 7.75. The molecule has 1 unspecified atom stereocenters. The summed E-state index contributed by atoms with van der Waals surface area (Å²) in [6, 6.07) is 4.09. The first-order valence-electron chi connectivity index (χ1n) is 8.30. The van der Waals surface area contributed by atoms with E-state index in [1.54, 1.807) is 18.2 Å². The quantitative estimate of drug-likeness (QED) is 0.603. The summed E-state index contributed by atoms with van der Waals surface area (Å²) < 4.78 is 36.9. The highest BCUT2D eigenvalue weighted by atomic mass is 35.5. The number of alkyl halides is 2. The van der Waals surface area contributed by atoms with E-state index in [9.17, 15) is 18.4 Å². The Bertz CT molecular complexity index is 661. The Balaban J connectivity index is 0.00000364. The number of likely N-dealkylation sites (N-methyl/N-ethyl adjacent to an activating group) is 1. The van der Waals surface area contributed by atoms with Gasteiger partial charge in [-0.25, -0.2) is 8.78 Å². The van der Waals surface area contributed by atoms with E-state index in [4.69, 9.17) is 9.47 Å². The van der Waals surface area contributed by atoms with Crippen LogP contribution in [0.25, 0.3) is 0 Å². The Morgan fingerprint density at radius 2 is 2.04 bits per heavy atom. The first-order valence-corrected chi connectivity index (χ1v) is 8.30. The van der Waals surface area contributed by atoms with Crippen LogP contribution in [-0.4, -0.2) is 50.6 Å². The molecular formula is C17H24ClF2N3O4. The summed E-state index contributed by atoms with van der Waals surface area (Å²) in [5.74, 6) is -2.77. The molecule has 27 heavy (non-hydrogen) atoms. The van der Waals surface area contributed by atoms with Gasteiger partial charge in [0.25, 0.3) is 11.8 Å². The number of hydrogen-bond donors (Lipinski definition) is 3. The molecule has 1 fully saturated rings. The van der Waals surface area contributed by atoms with Crippen LogP contribution in [0.15, 0.2) is 18.2 Å². The van der Waals surface area contributed by atoms with Gasteiger partial charge in [0, 0.05) is 19.5 Å². The zero-order chi connectivity index (χ0) is 19.2. The lowest BCUT2D eigenvalue weighted by molar-refractivity contribution is -0.124. The molecule has 152 valence electrons.